The molecule has 0 amide bonds. The summed E-state index contributed by atoms with van der Waals surface area (Å²) < 4.78 is 4.88. The Labute approximate surface area is 304 Å². The highest BCUT2D eigenvalue weighted by Gasteiger charge is 2.21. The zero-order valence-electron chi connectivity index (χ0n) is 31.1. The Hall–Kier alpha value is -5.34. The first-order chi connectivity index (χ1) is 24.5. The third-order valence-corrected chi connectivity index (χ3v) is 10.7. The molecule has 0 spiro atoms. The number of hydrogen-bond acceptors (Lipinski definition) is 0. The molecule has 2 heterocycles. The molecule has 51 heavy (non-hydrogen) atoms. The molecule has 0 bridgehead atoms. The summed E-state index contributed by atoms with van der Waals surface area (Å²) in [7, 11) is 0. The lowest BCUT2D eigenvalue weighted by atomic mass is 9.85. The number of hydrogen-bond donors (Lipinski definition) is 0. The molecule has 256 valence electrons. The van der Waals surface area contributed by atoms with Crippen molar-refractivity contribution in [1.82, 2.24) is 9.13 Å². The second-order valence-electron chi connectivity index (χ2n) is 16.3. The van der Waals surface area contributed by atoms with Crippen LogP contribution in [0.5, 0.6) is 0 Å². The van der Waals surface area contributed by atoms with E-state index in [0.717, 1.165) is 12.8 Å². The number of aryl methyl sites for hydroxylation is 1. The summed E-state index contributed by atoms with van der Waals surface area (Å²) in [6.45, 7) is 16.0. The predicted octanol–water partition coefficient (Wildman–Crippen LogP) is 13.8. The van der Waals surface area contributed by atoms with E-state index >= 15 is 0 Å². The molecule has 2 nitrogen and oxygen atoms in total. The summed E-state index contributed by atoms with van der Waals surface area (Å²) in [5.41, 5.74) is 16.4. The van der Waals surface area contributed by atoms with Crippen molar-refractivity contribution < 1.29 is 1.43 Å². The van der Waals surface area contributed by atoms with Gasteiger partial charge in [-0.15, -0.1) is 0 Å². The Kier molecular flexibility index (Phi) is 8.02. The van der Waals surface area contributed by atoms with E-state index in [0.29, 0.717) is 0 Å². The van der Waals surface area contributed by atoms with E-state index in [2.05, 4.69) is 197 Å². The van der Waals surface area contributed by atoms with Gasteiger partial charge in [0.2, 0.25) is 0 Å². The first kappa shape index (κ1) is 32.8. The molecule has 5 aromatic carbocycles. The number of aromatic nitrogens is 2. The fraction of sp³-hybridized carbons (Fsp3) is 0.224. The molecule has 0 atom stereocenters. The number of fused-ring (bicyclic) bond motifs is 3. The molecule has 0 radical (unpaired) electrons. The van der Waals surface area contributed by atoms with Crippen molar-refractivity contribution >= 4 is 27.4 Å². The van der Waals surface area contributed by atoms with Crippen molar-refractivity contribution in [3.63, 3.8) is 0 Å². The third kappa shape index (κ3) is 5.97. The number of rotatable bonds is 5. The van der Waals surface area contributed by atoms with Crippen LogP contribution in [0.4, 0.5) is 0 Å². The highest BCUT2D eigenvalue weighted by molar-refractivity contribution is 6.10. The van der Waals surface area contributed by atoms with Crippen LogP contribution in [0, 0.1) is 6.92 Å². The molecule has 1 aliphatic carbocycles. The number of benzene rings is 5. The van der Waals surface area contributed by atoms with Gasteiger partial charge in [0.05, 0.1) is 22.4 Å². The molecule has 1 aliphatic rings. The lowest BCUT2D eigenvalue weighted by molar-refractivity contribution is 0.590. The van der Waals surface area contributed by atoms with Crippen molar-refractivity contribution in [2.45, 2.75) is 72.1 Å². The molecule has 0 saturated carbocycles. The standard InChI is InChI=1S/C49H48N2.H2/c1-33-18-23-40(51-44(35-14-10-8-11-15-35)28-29-45(51)36-16-12-9-13-17-36)32-41(33)34-19-24-39(25-20-34)50-46-26-21-37(48(2,3)4)30-42(46)43-31-38(49(5,6)7)22-27-47(43)50;/h8,10-12,14-32H,9,13H2,1-7H3;1H. The van der Waals surface area contributed by atoms with Gasteiger partial charge in [0.25, 0.3) is 0 Å². The molecule has 0 aliphatic heterocycles. The highest BCUT2D eigenvalue weighted by Crippen LogP contribution is 2.39. The van der Waals surface area contributed by atoms with Crippen LogP contribution in [0.3, 0.4) is 0 Å². The predicted molar refractivity (Wildman–Crippen MR) is 222 cm³/mol. The molecule has 0 unspecified atom stereocenters. The van der Waals surface area contributed by atoms with E-state index in [1.807, 2.05) is 0 Å². The van der Waals surface area contributed by atoms with Crippen molar-refractivity contribution in [3.8, 4) is 33.8 Å². The van der Waals surface area contributed by atoms with Crippen LogP contribution in [-0.2, 0) is 10.8 Å². The maximum atomic E-state index is 2.44. The minimum absolute atomic E-state index is 0. The van der Waals surface area contributed by atoms with Gasteiger partial charge in [-0.1, -0.05) is 120 Å². The molecule has 0 fully saturated rings. The Morgan fingerprint density at radius 3 is 1.73 bits per heavy atom. The molecule has 2 aromatic heterocycles. The van der Waals surface area contributed by atoms with Crippen LogP contribution in [0.25, 0.3) is 61.1 Å². The molecule has 7 aromatic rings. The second-order valence-corrected chi connectivity index (χ2v) is 16.3. The van der Waals surface area contributed by atoms with Gasteiger partial charge in [-0.25, -0.2) is 0 Å². The number of allylic oxidation sites excluding steroid dienone is 4. The van der Waals surface area contributed by atoms with Gasteiger partial charge < -0.3 is 9.13 Å². The summed E-state index contributed by atoms with van der Waals surface area (Å²) in [4.78, 5) is 0. The lowest BCUT2D eigenvalue weighted by Gasteiger charge is -2.19. The topological polar surface area (TPSA) is 9.86 Å². The van der Waals surface area contributed by atoms with Crippen LogP contribution >= 0.6 is 0 Å². The van der Waals surface area contributed by atoms with Gasteiger partial charge in [-0.3, -0.25) is 0 Å². The maximum Gasteiger partial charge on any atom is 0.0541 e. The van der Waals surface area contributed by atoms with E-state index < -0.39 is 0 Å². The smallest absolute Gasteiger partial charge is 0.0541 e. The van der Waals surface area contributed by atoms with Gasteiger partial charge in [0, 0.05) is 23.6 Å². The average molecular weight is 667 g/mol. The number of nitrogens with zero attached hydrogens (tertiary/aromatic N) is 2. The largest absolute Gasteiger partial charge is 0.309 e. The van der Waals surface area contributed by atoms with Crippen molar-refractivity contribution in [2.75, 3.05) is 0 Å². The van der Waals surface area contributed by atoms with E-state index in [9.17, 15) is 0 Å². The molecule has 0 saturated heterocycles. The Bertz CT molecular complexity index is 2400. The van der Waals surface area contributed by atoms with Crippen molar-refractivity contribution in [3.05, 3.63) is 162 Å². The van der Waals surface area contributed by atoms with Gasteiger partial charge in [-0.2, -0.15) is 0 Å². The van der Waals surface area contributed by atoms with Crippen molar-refractivity contribution in [2.24, 2.45) is 0 Å². The minimum Gasteiger partial charge on any atom is -0.309 e. The quantitative estimate of drug-likeness (QED) is 0.173. The molecular weight excluding hydrogens is 617 g/mol. The van der Waals surface area contributed by atoms with Crippen LogP contribution in [0.15, 0.2) is 140 Å². The maximum absolute atomic E-state index is 2.44. The van der Waals surface area contributed by atoms with Crippen LogP contribution in [0.2, 0.25) is 0 Å². The van der Waals surface area contributed by atoms with Gasteiger partial charge >= 0.3 is 0 Å². The third-order valence-electron chi connectivity index (χ3n) is 10.7. The molecule has 8 rings (SSSR count). The monoisotopic (exact) mass is 666 g/mol. The first-order valence-electron chi connectivity index (χ1n) is 18.4. The Balaban J connectivity index is 0.00000420. The van der Waals surface area contributed by atoms with Gasteiger partial charge in [0.1, 0.15) is 0 Å². The highest BCUT2D eigenvalue weighted by atomic mass is 15.0. The summed E-state index contributed by atoms with van der Waals surface area (Å²) in [5.74, 6) is 0. The van der Waals surface area contributed by atoms with Crippen LogP contribution < -0.4 is 0 Å². The first-order valence-corrected chi connectivity index (χ1v) is 18.4. The Morgan fingerprint density at radius 1 is 0.529 bits per heavy atom. The second kappa shape index (κ2) is 12.5. The van der Waals surface area contributed by atoms with Gasteiger partial charge in [0.15, 0.2) is 0 Å². The molecule has 2 heteroatoms. The van der Waals surface area contributed by atoms with Crippen LogP contribution in [-0.4, -0.2) is 9.13 Å². The fourth-order valence-electron chi connectivity index (χ4n) is 7.66. The zero-order valence-corrected chi connectivity index (χ0v) is 31.1. The van der Waals surface area contributed by atoms with Crippen LogP contribution in [0.1, 0.15) is 78.2 Å². The lowest BCUT2D eigenvalue weighted by Crippen LogP contribution is -2.10. The summed E-state index contributed by atoms with van der Waals surface area (Å²) in [6, 6.07) is 45.5. The van der Waals surface area contributed by atoms with E-state index in [4.69, 9.17) is 0 Å². The summed E-state index contributed by atoms with van der Waals surface area (Å²) in [6.07, 6.45) is 9.12. The fourth-order valence-corrected chi connectivity index (χ4v) is 7.66. The molecular formula is C49H50N2. The SMILES string of the molecule is Cc1ccc(-n2c(C3=CCCC=C3)ccc2-c2ccccc2)cc1-c1ccc(-n2c3ccc(C(C)(C)C)cc3c3cc(C(C)(C)C)ccc32)cc1.[HH]. The Morgan fingerprint density at radius 2 is 1.14 bits per heavy atom. The summed E-state index contributed by atoms with van der Waals surface area (Å²) in [5, 5.41) is 2.63. The normalized spacial score (nSPS) is 13.7. The van der Waals surface area contributed by atoms with Crippen molar-refractivity contribution in [1.29, 1.82) is 0 Å². The summed E-state index contributed by atoms with van der Waals surface area (Å²) >= 11 is 0. The van der Waals surface area contributed by atoms with E-state index in [-0.39, 0.29) is 12.3 Å². The average Bonchev–Trinajstić information content (AvgIpc) is 3.72. The van der Waals surface area contributed by atoms with Gasteiger partial charge in [-0.05, 0) is 130 Å². The minimum atomic E-state index is 0. The van der Waals surface area contributed by atoms with E-state index in [1.54, 1.807) is 0 Å². The zero-order chi connectivity index (χ0) is 35.5. The molecule has 0 N–H and O–H groups in total. The van der Waals surface area contributed by atoms with E-state index in [1.165, 1.54) is 83.5 Å².